The minimum absolute atomic E-state index is 0.0409. The van der Waals surface area contributed by atoms with Crippen molar-refractivity contribution in [3.05, 3.63) is 47.9 Å². The molecule has 0 bridgehead atoms. The van der Waals surface area contributed by atoms with Crippen LogP contribution in [0.25, 0.3) is 11.4 Å². The molecule has 0 unspecified atom stereocenters. The van der Waals surface area contributed by atoms with E-state index in [-0.39, 0.29) is 11.4 Å². The van der Waals surface area contributed by atoms with Crippen LogP contribution >= 0.6 is 11.8 Å². The lowest BCUT2D eigenvalue weighted by Crippen LogP contribution is -2.16. The van der Waals surface area contributed by atoms with Crippen molar-refractivity contribution in [2.45, 2.75) is 18.3 Å². The first-order valence-electron chi connectivity index (χ1n) is 7.60. The minimum Gasteiger partial charge on any atom is -0.469 e. The number of nitrogen functional groups attached to an aromatic ring is 1. The molecule has 27 heavy (non-hydrogen) atoms. The number of hydrogen-bond donors (Lipinski definition) is 2. The number of nitrogens with two attached hydrogens (primary N) is 1. The van der Waals surface area contributed by atoms with Crippen LogP contribution in [-0.2, 0) is 11.0 Å². The van der Waals surface area contributed by atoms with Gasteiger partial charge in [0.15, 0.2) is 5.82 Å². The van der Waals surface area contributed by atoms with Crippen LogP contribution < -0.4 is 11.2 Å². The zero-order valence-electron chi connectivity index (χ0n) is 13.9. The van der Waals surface area contributed by atoms with E-state index in [1.54, 1.807) is 13.0 Å². The van der Waals surface area contributed by atoms with Gasteiger partial charge in [-0.2, -0.15) is 13.2 Å². The van der Waals surface area contributed by atoms with Gasteiger partial charge in [-0.05, 0) is 37.3 Å². The van der Waals surface area contributed by atoms with Gasteiger partial charge in [-0.3, -0.25) is 4.79 Å². The monoisotopic (exact) mass is 397 g/mol. The Morgan fingerprint density at radius 3 is 2.56 bits per heavy atom. The number of nitrogens with one attached hydrogen (secondary N) is 1. The van der Waals surface area contributed by atoms with Crippen molar-refractivity contribution in [2.24, 2.45) is 0 Å². The predicted molar refractivity (Wildman–Crippen MR) is 93.4 cm³/mol. The van der Waals surface area contributed by atoms with Gasteiger partial charge in [0.25, 0.3) is 0 Å². The van der Waals surface area contributed by atoms with E-state index in [9.17, 15) is 18.0 Å². The SMILES string of the molecule is Cc1occc1-c1nnc(SCC(=O)Nc2ccc(C(F)(F)F)cc2)n1N. The highest BCUT2D eigenvalue weighted by Crippen LogP contribution is 2.30. The van der Waals surface area contributed by atoms with E-state index in [1.165, 1.54) is 23.1 Å². The Bertz CT molecular complexity index is 950. The second-order valence-corrected chi connectivity index (χ2v) is 6.42. The summed E-state index contributed by atoms with van der Waals surface area (Å²) in [7, 11) is 0. The number of hydrogen-bond acceptors (Lipinski definition) is 6. The van der Waals surface area contributed by atoms with Crippen LogP contribution in [0.5, 0.6) is 0 Å². The maximum absolute atomic E-state index is 12.5. The summed E-state index contributed by atoms with van der Waals surface area (Å²) in [6.07, 6.45) is -2.92. The van der Waals surface area contributed by atoms with Gasteiger partial charge in [0.2, 0.25) is 11.1 Å². The Morgan fingerprint density at radius 1 is 1.26 bits per heavy atom. The first-order chi connectivity index (χ1) is 12.8. The first kappa shape index (κ1) is 18.8. The molecule has 0 aliphatic carbocycles. The third kappa shape index (κ3) is 4.25. The molecule has 3 aromatic rings. The minimum atomic E-state index is -4.42. The highest BCUT2D eigenvalue weighted by molar-refractivity contribution is 7.99. The average molecular weight is 397 g/mol. The number of nitrogens with zero attached hydrogens (tertiary/aromatic N) is 3. The molecule has 0 saturated carbocycles. The van der Waals surface area contributed by atoms with Gasteiger partial charge in [0.1, 0.15) is 5.76 Å². The molecule has 0 atom stereocenters. The fourth-order valence-electron chi connectivity index (χ4n) is 2.25. The van der Waals surface area contributed by atoms with E-state index < -0.39 is 17.6 Å². The normalized spacial score (nSPS) is 11.6. The van der Waals surface area contributed by atoms with Crippen molar-refractivity contribution < 1.29 is 22.4 Å². The molecule has 0 fully saturated rings. The number of aromatic nitrogens is 3. The van der Waals surface area contributed by atoms with Crippen molar-refractivity contribution in [1.82, 2.24) is 14.9 Å². The summed E-state index contributed by atoms with van der Waals surface area (Å²) in [4.78, 5) is 12.0. The van der Waals surface area contributed by atoms with Gasteiger partial charge in [-0.1, -0.05) is 11.8 Å². The first-order valence-corrected chi connectivity index (χ1v) is 8.59. The fraction of sp³-hybridized carbons (Fsp3) is 0.188. The molecule has 0 saturated heterocycles. The molecule has 11 heteroatoms. The number of amides is 1. The second-order valence-electron chi connectivity index (χ2n) is 5.48. The lowest BCUT2D eigenvalue weighted by atomic mass is 10.2. The summed E-state index contributed by atoms with van der Waals surface area (Å²) in [5.74, 6) is 6.52. The Labute approximate surface area is 155 Å². The van der Waals surface area contributed by atoms with E-state index in [4.69, 9.17) is 10.3 Å². The number of halogens is 3. The molecule has 0 aliphatic heterocycles. The second kappa shape index (κ2) is 7.35. The number of anilines is 1. The largest absolute Gasteiger partial charge is 0.469 e. The van der Waals surface area contributed by atoms with Crippen LogP contribution in [-0.4, -0.2) is 26.5 Å². The summed E-state index contributed by atoms with van der Waals surface area (Å²) in [5.41, 5.74) is 0.164. The van der Waals surface area contributed by atoms with E-state index in [0.717, 1.165) is 23.9 Å². The maximum Gasteiger partial charge on any atom is 0.416 e. The van der Waals surface area contributed by atoms with Crippen molar-refractivity contribution in [3.8, 4) is 11.4 Å². The molecule has 1 amide bonds. The van der Waals surface area contributed by atoms with Gasteiger partial charge in [-0.15, -0.1) is 10.2 Å². The van der Waals surface area contributed by atoms with Gasteiger partial charge in [0.05, 0.1) is 23.1 Å². The molecular formula is C16H14F3N5O2S. The molecule has 0 aliphatic rings. The van der Waals surface area contributed by atoms with Gasteiger partial charge in [0, 0.05) is 5.69 Å². The zero-order valence-corrected chi connectivity index (χ0v) is 14.8. The Hall–Kier alpha value is -2.95. The standard InChI is InChI=1S/C16H14F3N5O2S/c1-9-12(6-7-26-9)14-22-23-15(24(14)20)27-8-13(25)21-11-4-2-10(3-5-11)16(17,18)19/h2-7H,8,20H2,1H3,(H,21,25). The number of benzene rings is 1. The summed E-state index contributed by atoms with van der Waals surface area (Å²) < 4.78 is 44.0. The zero-order chi connectivity index (χ0) is 19.6. The highest BCUT2D eigenvalue weighted by Gasteiger charge is 2.30. The summed E-state index contributed by atoms with van der Waals surface area (Å²) in [6, 6.07) is 5.89. The van der Waals surface area contributed by atoms with Crippen LogP contribution in [0.1, 0.15) is 11.3 Å². The van der Waals surface area contributed by atoms with Gasteiger partial charge in [-0.25, -0.2) is 4.68 Å². The van der Waals surface area contributed by atoms with Gasteiger partial charge >= 0.3 is 6.18 Å². The van der Waals surface area contributed by atoms with Crippen LogP contribution in [0.3, 0.4) is 0 Å². The molecule has 142 valence electrons. The molecule has 3 rings (SSSR count). The third-order valence-electron chi connectivity index (χ3n) is 3.59. The molecule has 2 heterocycles. The Balaban J connectivity index is 1.60. The lowest BCUT2D eigenvalue weighted by Gasteiger charge is -2.08. The van der Waals surface area contributed by atoms with Crippen LogP contribution in [0.15, 0.2) is 46.2 Å². The van der Waals surface area contributed by atoms with Crippen LogP contribution in [0, 0.1) is 6.92 Å². The number of carbonyl (C=O) groups is 1. The van der Waals surface area contributed by atoms with E-state index >= 15 is 0 Å². The van der Waals surface area contributed by atoms with Gasteiger partial charge < -0.3 is 15.6 Å². The summed E-state index contributed by atoms with van der Waals surface area (Å²) in [5, 5.41) is 10.7. The Kier molecular flexibility index (Phi) is 5.13. The highest BCUT2D eigenvalue weighted by atomic mass is 32.2. The number of aryl methyl sites for hydroxylation is 1. The van der Waals surface area contributed by atoms with Crippen molar-refractivity contribution in [3.63, 3.8) is 0 Å². The fourth-order valence-corrected chi connectivity index (χ4v) is 2.90. The molecule has 2 aromatic heterocycles. The summed E-state index contributed by atoms with van der Waals surface area (Å²) in [6.45, 7) is 1.76. The van der Waals surface area contributed by atoms with Crippen LogP contribution in [0.4, 0.5) is 18.9 Å². The summed E-state index contributed by atoms with van der Waals surface area (Å²) >= 11 is 1.05. The van der Waals surface area contributed by atoms with E-state index in [0.29, 0.717) is 22.3 Å². The lowest BCUT2D eigenvalue weighted by molar-refractivity contribution is -0.137. The van der Waals surface area contributed by atoms with Crippen molar-refractivity contribution >= 4 is 23.4 Å². The average Bonchev–Trinajstić information content (AvgIpc) is 3.18. The maximum atomic E-state index is 12.5. The topological polar surface area (TPSA) is 99.0 Å². The number of rotatable bonds is 5. The number of furan rings is 1. The molecule has 0 radical (unpaired) electrons. The molecule has 3 N–H and O–H groups in total. The Morgan fingerprint density at radius 2 is 1.96 bits per heavy atom. The number of alkyl halides is 3. The predicted octanol–water partition coefficient (Wildman–Crippen LogP) is 3.31. The van der Waals surface area contributed by atoms with Crippen molar-refractivity contribution in [2.75, 3.05) is 16.9 Å². The smallest absolute Gasteiger partial charge is 0.416 e. The molecule has 7 nitrogen and oxygen atoms in total. The van der Waals surface area contributed by atoms with E-state index in [1.807, 2.05) is 0 Å². The van der Waals surface area contributed by atoms with Crippen molar-refractivity contribution in [1.29, 1.82) is 0 Å². The molecule has 1 aromatic carbocycles. The third-order valence-corrected chi connectivity index (χ3v) is 4.54. The quantitative estimate of drug-likeness (QED) is 0.506. The number of carbonyl (C=O) groups excluding carboxylic acids is 1. The van der Waals surface area contributed by atoms with E-state index in [2.05, 4.69) is 15.5 Å². The molecular weight excluding hydrogens is 383 g/mol. The van der Waals surface area contributed by atoms with Crippen LogP contribution in [0.2, 0.25) is 0 Å². The number of thioether (sulfide) groups is 1. The molecule has 0 spiro atoms.